The quantitative estimate of drug-likeness (QED) is 0.881. The third kappa shape index (κ3) is 2.66. The van der Waals surface area contributed by atoms with E-state index in [1.54, 1.807) is 13.8 Å². The molecule has 0 radical (unpaired) electrons. The Morgan fingerprint density at radius 1 is 1.37 bits per heavy atom. The summed E-state index contributed by atoms with van der Waals surface area (Å²) in [5, 5.41) is 12.7. The highest BCUT2D eigenvalue weighted by molar-refractivity contribution is 5.67. The molecule has 104 valence electrons. The van der Waals surface area contributed by atoms with Crippen LogP contribution in [0.4, 0.5) is 10.5 Å². The van der Waals surface area contributed by atoms with Crippen molar-refractivity contribution in [2.75, 3.05) is 18.5 Å². The molecule has 1 atom stereocenters. The first kappa shape index (κ1) is 13.7. The highest BCUT2D eigenvalue weighted by Gasteiger charge is 2.51. The zero-order valence-electron chi connectivity index (χ0n) is 11.5. The molecule has 1 fully saturated rings. The van der Waals surface area contributed by atoms with Gasteiger partial charge in [0.1, 0.15) is 5.72 Å². The zero-order valence-corrected chi connectivity index (χ0v) is 11.5. The molecular formula is C14H20N2O3. The number of rotatable bonds is 3. The number of para-hydroxylation sites is 1. The number of anilines is 1. The minimum absolute atomic E-state index is 0.381. The van der Waals surface area contributed by atoms with Gasteiger partial charge in [-0.3, -0.25) is 4.90 Å². The number of ether oxygens (including phenoxy) is 1. The van der Waals surface area contributed by atoms with Gasteiger partial charge in [-0.2, -0.15) is 0 Å². The number of hydrogen-bond donors (Lipinski definition) is 2. The van der Waals surface area contributed by atoms with E-state index in [1.807, 2.05) is 37.3 Å². The molecule has 1 unspecified atom stereocenters. The van der Waals surface area contributed by atoms with E-state index in [4.69, 9.17) is 4.74 Å². The van der Waals surface area contributed by atoms with Crippen LogP contribution in [-0.4, -0.2) is 40.5 Å². The number of amides is 1. The molecule has 0 aromatic heterocycles. The standard InChI is InChI=1S/C14H20N2O3/c1-13(2)16(12(17)18)14(3,10-19-13)9-15-11-7-5-4-6-8-11/h4-8,15H,9-10H2,1-3H3,(H,17,18). The average molecular weight is 264 g/mol. The molecule has 1 aliphatic rings. The maximum absolute atomic E-state index is 11.5. The van der Waals surface area contributed by atoms with Crippen molar-refractivity contribution in [2.45, 2.75) is 32.0 Å². The second kappa shape index (κ2) is 4.74. The molecule has 0 aliphatic carbocycles. The van der Waals surface area contributed by atoms with Gasteiger partial charge in [-0.05, 0) is 32.9 Å². The van der Waals surface area contributed by atoms with Gasteiger partial charge < -0.3 is 15.2 Å². The Morgan fingerprint density at radius 3 is 2.58 bits per heavy atom. The Bertz CT molecular complexity index is 461. The molecule has 1 aromatic rings. The molecule has 1 saturated heterocycles. The van der Waals surface area contributed by atoms with Crippen molar-refractivity contribution < 1.29 is 14.6 Å². The molecule has 1 amide bonds. The summed E-state index contributed by atoms with van der Waals surface area (Å²) < 4.78 is 5.62. The summed E-state index contributed by atoms with van der Waals surface area (Å²) in [5.41, 5.74) is -0.400. The van der Waals surface area contributed by atoms with E-state index in [1.165, 1.54) is 4.90 Å². The van der Waals surface area contributed by atoms with Gasteiger partial charge in [0.25, 0.3) is 0 Å². The van der Waals surface area contributed by atoms with Crippen molar-refractivity contribution in [3.8, 4) is 0 Å². The highest BCUT2D eigenvalue weighted by Crippen LogP contribution is 2.35. The Kier molecular flexibility index (Phi) is 3.41. The second-order valence-electron chi connectivity index (χ2n) is 5.57. The lowest BCUT2D eigenvalue weighted by atomic mass is 10.0. The van der Waals surface area contributed by atoms with Crippen molar-refractivity contribution >= 4 is 11.8 Å². The summed E-state index contributed by atoms with van der Waals surface area (Å²) in [7, 11) is 0. The molecular weight excluding hydrogens is 244 g/mol. The lowest BCUT2D eigenvalue weighted by Crippen LogP contribution is -2.56. The Labute approximate surface area is 113 Å². The maximum atomic E-state index is 11.5. The van der Waals surface area contributed by atoms with Crippen molar-refractivity contribution in [2.24, 2.45) is 0 Å². The van der Waals surface area contributed by atoms with Crippen LogP contribution in [0.15, 0.2) is 30.3 Å². The van der Waals surface area contributed by atoms with Crippen molar-refractivity contribution in [3.05, 3.63) is 30.3 Å². The monoisotopic (exact) mass is 264 g/mol. The van der Waals surface area contributed by atoms with E-state index in [9.17, 15) is 9.90 Å². The molecule has 5 nitrogen and oxygen atoms in total. The second-order valence-corrected chi connectivity index (χ2v) is 5.57. The molecule has 1 aliphatic heterocycles. The van der Waals surface area contributed by atoms with Gasteiger partial charge in [-0.1, -0.05) is 18.2 Å². The number of nitrogens with zero attached hydrogens (tertiary/aromatic N) is 1. The number of nitrogens with one attached hydrogen (secondary N) is 1. The van der Waals surface area contributed by atoms with Gasteiger partial charge in [-0.25, -0.2) is 4.79 Å². The molecule has 0 bridgehead atoms. The molecule has 0 saturated carbocycles. The number of carboxylic acid groups (broad SMARTS) is 1. The molecule has 19 heavy (non-hydrogen) atoms. The largest absolute Gasteiger partial charge is 0.465 e. The minimum atomic E-state index is -0.958. The van der Waals surface area contributed by atoms with Crippen LogP contribution in [0.25, 0.3) is 0 Å². The summed E-state index contributed by atoms with van der Waals surface area (Å²) in [5.74, 6) is 0. The van der Waals surface area contributed by atoms with Crippen LogP contribution < -0.4 is 5.32 Å². The zero-order chi connectivity index (χ0) is 14.1. The molecule has 2 N–H and O–H groups in total. The number of carbonyl (C=O) groups is 1. The summed E-state index contributed by atoms with van der Waals surface area (Å²) in [6.07, 6.45) is -0.958. The van der Waals surface area contributed by atoms with Crippen LogP contribution in [0.2, 0.25) is 0 Å². The lowest BCUT2D eigenvalue weighted by Gasteiger charge is -2.37. The van der Waals surface area contributed by atoms with Crippen LogP contribution in [-0.2, 0) is 4.74 Å². The predicted molar refractivity (Wildman–Crippen MR) is 73.2 cm³/mol. The van der Waals surface area contributed by atoms with Crippen LogP contribution in [0.5, 0.6) is 0 Å². The van der Waals surface area contributed by atoms with Crippen molar-refractivity contribution in [1.29, 1.82) is 0 Å². The molecule has 0 spiro atoms. The van der Waals surface area contributed by atoms with E-state index in [0.717, 1.165) is 5.69 Å². The van der Waals surface area contributed by atoms with Gasteiger partial charge in [0.05, 0.1) is 12.1 Å². The molecule has 1 aromatic carbocycles. The first-order valence-electron chi connectivity index (χ1n) is 6.31. The smallest absolute Gasteiger partial charge is 0.410 e. The van der Waals surface area contributed by atoms with E-state index in [-0.39, 0.29) is 0 Å². The number of hydrogen-bond acceptors (Lipinski definition) is 3. The first-order valence-corrected chi connectivity index (χ1v) is 6.31. The fourth-order valence-electron chi connectivity index (χ4n) is 2.55. The minimum Gasteiger partial charge on any atom is -0.465 e. The summed E-state index contributed by atoms with van der Waals surface area (Å²) >= 11 is 0. The van der Waals surface area contributed by atoms with Crippen LogP contribution in [0.1, 0.15) is 20.8 Å². The van der Waals surface area contributed by atoms with E-state index in [0.29, 0.717) is 13.2 Å². The Balaban J connectivity index is 2.12. The maximum Gasteiger partial charge on any atom is 0.410 e. The Hall–Kier alpha value is -1.75. The molecule has 5 heteroatoms. The fraction of sp³-hybridized carbons (Fsp3) is 0.500. The van der Waals surface area contributed by atoms with Crippen LogP contribution in [0.3, 0.4) is 0 Å². The summed E-state index contributed by atoms with van der Waals surface area (Å²) in [6, 6.07) is 9.73. The van der Waals surface area contributed by atoms with E-state index >= 15 is 0 Å². The van der Waals surface area contributed by atoms with Gasteiger partial charge >= 0.3 is 6.09 Å². The van der Waals surface area contributed by atoms with E-state index in [2.05, 4.69) is 5.32 Å². The van der Waals surface area contributed by atoms with Gasteiger partial charge in [0.15, 0.2) is 0 Å². The highest BCUT2D eigenvalue weighted by atomic mass is 16.5. The van der Waals surface area contributed by atoms with Crippen LogP contribution >= 0.6 is 0 Å². The van der Waals surface area contributed by atoms with Crippen molar-refractivity contribution in [3.63, 3.8) is 0 Å². The summed E-state index contributed by atoms with van der Waals surface area (Å²) in [6.45, 7) is 6.33. The van der Waals surface area contributed by atoms with Crippen LogP contribution in [0, 0.1) is 0 Å². The third-order valence-corrected chi connectivity index (χ3v) is 3.45. The first-order chi connectivity index (χ1) is 8.85. The average Bonchev–Trinajstić information content (AvgIpc) is 2.59. The van der Waals surface area contributed by atoms with Gasteiger partial charge in [-0.15, -0.1) is 0 Å². The van der Waals surface area contributed by atoms with Gasteiger partial charge in [0.2, 0.25) is 0 Å². The van der Waals surface area contributed by atoms with E-state index < -0.39 is 17.4 Å². The lowest BCUT2D eigenvalue weighted by molar-refractivity contribution is -0.0455. The number of benzene rings is 1. The fourth-order valence-corrected chi connectivity index (χ4v) is 2.55. The normalized spacial score (nSPS) is 25.3. The van der Waals surface area contributed by atoms with Crippen molar-refractivity contribution in [1.82, 2.24) is 4.90 Å². The third-order valence-electron chi connectivity index (χ3n) is 3.45. The predicted octanol–water partition coefficient (Wildman–Crippen LogP) is 2.60. The SMILES string of the molecule is CC1(CNc2ccccc2)COC(C)(C)N1C(=O)O. The van der Waals surface area contributed by atoms with Gasteiger partial charge in [0, 0.05) is 12.2 Å². The molecule has 2 rings (SSSR count). The summed E-state index contributed by atoms with van der Waals surface area (Å²) in [4.78, 5) is 12.8. The molecule has 1 heterocycles. The Morgan fingerprint density at radius 2 is 2.00 bits per heavy atom. The topological polar surface area (TPSA) is 61.8 Å².